The number of halogens is 4. The summed E-state index contributed by atoms with van der Waals surface area (Å²) >= 11 is 0. The minimum absolute atomic E-state index is 0.0819. The van der Waals surface area contributed by atoms with Gasteiger partial charge < -0.3 is 19.9 Å². The van der Waals surface area contributed by atoms with Crippen LogP contribution < -0.4 is 15.1 Å². The lowest BCUT2D eigenvalue weighted by Crippen LogP contribution is -2.55. The molecule has 13 heteroatoms. The molecule has 1 aromatic carbocycles. The number of aromatic nitrogens is 1. The first kappa shape index (κ1) is 29.6. The number of morpholine rings is 1. The summed E-state index contributed by atoms with van der Waals surface area (Å²) in [4.78, 5) is 39.1. The highest BCUT2D eigenvalue weighted by atomic mass is 19.4. The Morgan fingerprint density at radius 3 is 2.43 bits per heavy atom. The van der Waals surface area contributed by atoms with Gasteiger partial charge in [-0.1, -0.05) is 6.07 Å². The van der Waals surface area contributed by atoms with Gasteiger partial charge in [-0.05, 0) is 45.2 Å². The Balaban J connectivity index is 1.54. The topological polar surface area (TPSA) is 90.4 Å². The van der Waals surface area contributed by atoms with E-state index in [1.807, 2.05) is 36.8 Å². The van der Waals surface area contributed by atoms with Crippen LogP contribution in [0.2, 0.25) is 0 Å². The molecule has 5 rings (SSSR count). The minimum atomic E-state index is -4.92. The predicted octanol–water partition coefficient (Wildman–Crippen LogP) is 3.91. The van der Waals surface area contributed by atoms with Crippen molar-refractivity contribution in [2.45, 2.75) is 32.1 Å². The van der Waals surface area contributed by atoms with E-state index < -0.39 is 35.3 Å². The number of rotatable bonds is 5. The highest BCUT2D eigenvalue weighted by Gasteiger charge is 2.43. The molecule has 224 valence electrons. The van der Waals surface area contributed by atoms with Crippen molar-refractivity contribution in [2.24, 2.45) is 10.9 Å². The number of pyridine rings is 1. The summed E-state index contributed by atoms with van der Waals surface area (Å²) in [6.07, 6.45) is -3.91. The number of anilines is 3. The van der Waals surface area contributed by atoms with Crippen LogP contribution >= 0.6 is 0 Å². The van der Waals surface area contributed by atoms with Crippen molar-refractivity contribution in [3.8, 4) is 11.3 Å². The van der Waals surface area contributed by atoms with E-state index in [2.05, 4.69) is 20.2 Å². The van der Waals surface area contributed by atoms with Gasteiger partial charge in [0.2, 0.25) is 5.91 Å². The van der Waals surface area contributed by atoms with E-state index in [1.54, 1.807) is 12.1 Å². The first-order valence-electron chi connectivity index (χ1n) is 13.7. The molecule has 0 spiro atoms. The third kappa shape index (κ3) is 6.16. The molecule has 4 heterocycles. The summed E-state index contributed by atoms with van der Waals surface area (Å²) in [6, 6.07) is 8.06. The third-order valence-electron chi connectivity index (χ3n) is 7.96. The van der Waals surface area contributed by atoms with Gasteiger partial charge in [0.05, 0.1) is 35.9 Å². The molecule has 1 aromatic heterocycles. The highest BCUT2D eigenvalue weighted by molar-refractivity contribution is 6.11. The molecule has 1 N–H and O–H groups in total. The van der Waals surface area contributed by atoms with Crippen LogP contribution in [0, 0.1) is 11.7 Å². The van der Waals surface area contributed by atoms with Crippen LogP contribution in [0.3, 0.4) is 0 Å². The van der Waals surface area contributed by atoms with E-state index in [0.717, 1.165) is 0 Å². The molecule has 0 radical (unpaired) electrons. The number of aliphatic imine (C=N–C) groups is 1. The predicted molar refractivity (Wildman–Crippen MR) is 151 cm³/mol. The molecule has 42 heavy (non-hydrogen) atoms. The Labute approximate surface area is 240 Å². The second-order valence-corrected chi connectivity index (χ2v) is 10.8. The van der Waals surface area contributed by atoms with E-state index in [4.69, 9.17) is 4.74 Å². The number of likely N-dealkylation sites (N-methyl/N-ethyl adjacent to an activating group) is 1. The zero-order chi connectivity index (χ0) is 30.2. The van der Waals surface area contributed by atoms with Crippen LogP contribution in [0.15, 0.2) is 47.0 Å². The van der Waals surface area contributed by atoms with Gasteiger partial charge in [-0.15, -0.1) is 0 Å². The molecular weight excluding hydrogens is 556 g/mol. The number of benzene rings is 1. The maximum absolute atomic E-state index is 15.8. The minimum Gasteiger partial charge on any atom is -0.378 e. The van der Waals surface area contributed by atoms with E-state index >= 15 is 4.39 Å². The number of alkyl halides is 3. The number of carbonyl (C=O) groups is 2. The molecule has 2 fully saturated rings. The molecule has 1 unspecified atom stereocenters. The summed E-state index contributed by atoms with van der Waals surface area (Å²) in [6.45, 7) is 7.36. The zero-order valence-electron chi connectivity index (χ0n) is 23.5. The van der Waals surface area contributed by atoms with E-state index in [0.29, 0.717) is 68.9 Å². The van der Waals surface area contributed by atoms with Crippen LogP contribution in [0.4, 0.5) is 34.8 Å². The van der Waals surface area contributed by atoms with Gasteiger partial charge >= 0.3 is 6.18 Å². The van der Waals surface area contributed by atoms with Crippen molar-refractivity contribution < 1.29 is 31.9 Å². The Kier molecular flexibility index (Phi) is 8.33. The lowest BCUT2D eigenvalue weighted by atomic mass is 9.95. The number of nitrogens with zero attached hydrogens (tertiary/aromatic N) is 5. The number of hydrogen-bond acceptors (Lipinski definition) is 7. The molecular formula is C29H32F4N6O3. The van der Waals surface area contributed by atoms with Crippen molar-refractivity contribution in [1.82, 2.24) is 9.88 Å². The average Bonchev–Trinajstić information content (AvgIpc) is 2.96. The molecule has 3 atom stereocenters. The molecule has 2 amide bonds. The molecule has 0 bridgehead atoms. The summed E-state index contributed by atoms with van der Waals surface area (Å²) in [5.74, 6) is -3.94. The fourth-order valence-corrected chi connectivity index (χ4v) is 5.43. The number of carbonyl (C=O) groups excluding carboxylic acids is 2. The van der Waals surface area contributed by atoms with Gasteiger partial charge in [-0.2, -0.15) is 13.2 Å². The van der Waals surface area contributed by atoms with Crippen molar-refractivity contribution in [3.63, 3.8) is 0 Å². The van der Waals surface area contributed by atoms with Gasteiger partial charge in [0.15, 0.2) is 0 Å². The summed E-state index contributed by atoms with van der Waals surface area (Å²) in [7, 11) is 1.99. The van der Waals surface area contributed by atoms with Crippen LogP contribution in [-0.2, 0) is 14.3 Å². The number of amides is 2. The van der Waals surface area contributed by atoms with Gasteiger partial charge in [0.25, 0.3) is 5.91 Å². The Morgan fingerprint density at radius 1 is 1.07 bits per heavy atom. The Bertz CT molecular complexity index is 1410. The molecule has 2 saturated heterocycles. The molecule has 2 aromatic rings. The van der Waals surface area contributed by atoms with E-state index in [1.165, 1.54) is 12.1 Å². The summed E-state index contributed by atoms with van der Waals surface area (Å²) in [5.41, 5.74) is -0.462. The van der Waals surface area contributed by atoms with Gasteiger partial charge in [0, 0.05) is 56.1 Å². The van der Waals surface area contributed by atoms with Gasteiger partial charge in [-0.3, -0.25) is 14.5 Å². The maximum Gasteiger partial charge on any atom is 0.414 e. The Morgan fingerprint density at radius 2 is 1.76 bits per heavy atom. The third-order valence-corrected chi connectivity index (χ3v) is 7.96. The monoisotopic (exact) mass is 588 g/mol. The maximum atomic E-state index is 15.8. The van der Waals surface area contributed by atoms with Crippen LogP contribution in [-0.4, -0.2) is 92.6 Å². The number of nitrogens with one attached hydrogen (secondary N) is 1. The number of dihydropyridines is 1. The first-order valence-corrected chi connectivity index (χ1v) is 13.7. The Hall–Kier alpha value is -3.84. The van der Waals surface area contributed by atoms with Crippen molar-refractivity contribution in [1.29, 1.82) is 0 Å². The molecule has 3 aliphatic heterocycles. The van der Waals surface area contributed by atoms with Crippen LogP contribution in [0.1, 0.15) is 13.8 Å². The lowest BCUT2D eigenvalue weighted by molar-refractivity contribution is -0.124. The van der Waals surface area contributed by atoms with E-state index in [9.17, 15) is 22.8 Å². The molecule has 3 aliphatic rings. The molecule has 9 nitrogen and oxygen atoms in total. The van der Waals surface area contributed by atoms with Crippen molar-refractivity contribution in [2.75, 3.05) is 61.6 Å². The number of ether oxygens (including phenoxy) is 1. The quantitative estimate of drug-likeness (QED) is 0.530. The van der Waals surface area contributed by atoms with Crippen molar-refractivity contribution in [3.05, 3.63) is 47.8 Å². The largest absolute Gasteiger partial charge is 0.414 e. The fourth-order valence-electron chi connectivity index (χ4n) is 5.43. The smallest absolute Gasteiger partial charge is 0.378 e. The zero-order valence-corrected chi connectivity index (χ0v) is 23.5. The lowest BCUT2D eigenvalue weighted by Gasteiger charge is -2.44. The summed E-state index contributed by atoms with van der Waals surface area (Å²) in [5, 5.41) is 2.59. The normalized spacial score (nSPS) is 23.6. The second-order valence-electron chi connectivity index (χ2n) is 10.8. The van der Waals surface area contributed by atoms with Gasteiger partial charge in [0.1, 0.15) is 17.6 Å². The molecule has 0 aliphatic carbocycles. The SMILES string of the molecule is C[C@@H]1CN(c2cc(F)c(-c3cccc(N4CCOCC4)n3)cc2NC(=O)C2C=NC(=O)C=C2C(F)(F)F)C[C@H](C)N1C. The second kappa shape index (κ2) is 11.8. The van der Waals surface area contributed by atoms with Crippen LogP contribution in [0.25, 0.3) is 11.3 Å². The highest BCUT2D eigenvalue weighted by Crippen LogP contribution is 2.38. The van der Waals surface area contributed by atoms with Crippen LogP contribution in [0.5, 0.6) is 0 Å². The average molecular weight is 589 g/mol. The van der Waals surface area contributed by atoms with Crippen molar-refractivity contribution >= 4 is 35.2 Å². The fraction of sp³-hybridized carbons (Fsp3) is 0.448. The standard InChI is InChI=1S/C29H32F4N6O3/c1-17-15-39(16-18(2)37(17)3)25-13-22(30)19(23-5-4-6-26(35-23)38-7-9-42-10-8-38)11-24(25)36-28(41)20-14-34-27(40)12-21(20)29(31,32)33/h4-6,11-14,17-18,20H,7-10,15-16H2,1-3H3,(H,36,41)/t17-,18+,20?. The number of hydrogen-bond donors (Lipinski definition) is 1. The number of piperazine rings is 1. The van der Waals surface area contributed by atoms with Gasteiger partial charge in [-0.25, -0.2) is 14.4 Å². The molecule has 0 saturated carbocycles. The first-order chi connectivity index (χ1) is 19.9. The van der Waals surface area contributed by atoms with E-state index in [-0.39, 0.29) is 23.3 Å². The summed E-state index contributed by atoms with van der Waals surface area (Å²) < 4.78 is 62.5.